The van der Waals surface area contributed by atoms with Crippen LogP contribution in [0.15, 0.2) is 0 Å². The second-order valence-electron chi connectivity index (χ2n) is 5.40. The Balaban J connectivity index is 1.95. The zero-order valence-electron chi connectivity index (χ0n) is 12.0. The second-order valence-corrected chi connectivity index (χ2v) is 6.18. The largest absolute Gasteiger partial charge is 0.484 e. The highest BCUT2D eigenvalue weighted by molar-refractivity contribution is 7.11. The van der Waals surface area contributed by atoms with Gasteiger partial charge < -0.3 is 20.7 Å². The first-order valence-corrected chi connectivity index (χ1v) is 7.71. The van der Waals surface area contributed by atoms with Crippen molar-refractivity contribution in [2.45, 2.75) is 45.3 Å². The SMILES string of the molecule is CC(C)Oc1c(N)nsc1NCC1CCCCN1C. The predicted octanol–water partition coefficient (Wildman–Crippen LogP) is 2.41. The molecule has 1 aliphatic heterocycles. The van der Waals surface area contributed by atoms with E-state index in [9.17, 15) is 0 Å². The first kappa shape index (κ1) is 14.4. The van der Waals surface area contributed by atoms with Crippen molar-refractivity contribution >= 4 is 22.4 Å². The van der Waals surface area contributed by atoms with E-state index in [0.717, 1.165) is 11.5 Å². The Kier molecular flexibility index (Phi) is 4.87. The average Bonchev–Trinajstić information content (AvgIpc) is 2.70. The Morgan fingerprint density at radius 1 is 1.53 bits per heavy atom. The van der Waals surface area contributed by atoms with E-state index in [1.807, 2.05) is 13.8 Å². The van der Waals surface area contributed by atoms with Crippen LogP contribution in [-0.2, 0) is 0 Å². The smallest absolute Gasteiger partial charge is 0.197 e. The summed E-state index contributed by atoms with van der Waals surface area (Å²) in [6, 6.07) is 0.587. The Morgan fingerprint density at radius 3 is 3.00 bits per heavy atom. The van der Waals surface area contributed by atoms with Gasteiger partial charge in [0, 0.05) is 12.6 Å². The van der Waals surface area contributed by atoms with Gasteiger partial charge in [-0.25, -0.2) is 0 Å². The maximum Gasteiger partial charge on any atom is 0.197 e. The Morgan fingerprint density at radius 2 is 2.32 bits per heavy atom. The van der Waals surface area contributed by atoms with E-state index in [4.69, 9.17) is 10.5 Å². The fraction of sp³-hybridized carbons (Fsp3) is 0.769. The van der Waals surface area contributed by atoms with Gasteiger partial charge in [0.25, 0.3) is 0 Å². The van der Waals surface area contributed by atoms with Crippen molar-refractivity contribution in [1.29, 1.82) is 0 Å². The Bertz CT molecular complexity index is 407. The molecule has 3 N–H and O–H groups in total. The standard InChI is InChI=1S/C13H24N4OS/c1-9(2)18-11-12(14)16-19-13(11)15-8-10-6-4-5-7-17(10)3/h9-10,15H,4-8H2,1-3H3,(H2,14,16). The summed E-state index contributed by atoms with van der Waals surface area (Å²) < 4.78 is 9.90. The van der Waals surface area contributed by atoms with Gasteiger partial charge in [0.05, 0.1) is 6.10 Å². The molecular formula is C13H24N4OS. The molecule has 1 aromatic heterocycles. The van der Waals surface area contributed by atoms with Gasteiger partial charge in [-0.2, -0.15) is 4.37 Å². The highest BCUT2D eigenvalue weighted by Gasteiger charge is 2.20. The molecule has 1 aliphatic rings. The molecule has 0 spiro atoms. The number of aromatic nitrogens is 1. The van der Waals surface area contributed by atoms with E-state index < -0.39 is 0 Å². The van der Waals surface area contributed by atoms with E-state index in [1.165, 1.54) is 37.3 Å². The first-order chi connectivity index (χ1) is 9.08. The first-order valence-electron chi connectivity index (χ1n) is 6.94. The minimum Gasteiger partial charge on any atom is -0.484 e. The molecule has 6 heteroatoms. The van der Waals surface area contributed by atoms with Crippen molar-refractivity contribution < 1.29 is 4.74 Å². The number of ether oxygens (including phenoxy) is 1. The van der Waals surface area contributed by atoms with Crippen LogP contribution in [-0.4, -0.2) is 41.6 Å². The number of piperidine rings is 1. The van der Waals surface area contributed by atoms with Crippen LogP contribution in [0.3, 0.4) is 0 Å². The van der Waals surface area contributed by atoms with E-state index in [1.54, 1.807) is 0 Å². The number of likely N-dealkylation sites (N-methyl/N-ethyl adjacent to an activating group) is 1. The minimum atomic E-state index is 0.108. The summed E-state index contributed by atoms with van der Waals surface area (Å²) in [5.74, 6) is 1.19. The summed E-state index contributed by atoms with van der Waals surface area (Å²) in [6.07, 6.45) is 3.98. The number of nitrogen functional groups attached to an aromatic ring is 1. The molecule has 108 valence electrons. The lowest BCUT2D eigenvalue weighted by molar-refractivity contribution is 0.194. The van der Waals surface area contributed by atoms with Crippen molar-refractivity contribution in [2.24, 2.45) is 0 Å². The number of hydrogen-bond donors (Lipinski definition) is 2. The molecule has 0 bridgehead atoms. The van der Waals surface area contributed by atoms with Crippen LogP contribution in [0, 0.1) is 0 Å². The van der Waals surface area contributed by atoms with Crippen molar-refractivity contribution in [3.8, 4) is 5.75 Å². The van der Waals surface area contributed by atoms with Gasteiger partial charge in [-0.1, -0.05) is 6.42 Å². The Labute approximate surface area is 119 Å². The van der Waals surface area contributed by atoms with E-state index in [2.05, 4.69) is 21.6 Å². The van der Waals surface area contributed by atoms with Gasteiger partial charge in [-0.3, -0.25) is 0 Å². The lowest BCUT2D eigenvalue weighted by Crippen LogP contribution is -2.40. The summed E-state index contributed by atoms with van der Waals surface area (Å²) in [5, 5.41) is 4.40. The lowest BCUT2D eigenvalue weighted by Gasteiger charge is -2.32. The molecule has 0 aromatic carbocycles. The lowest BCUT2D eigenvalue weighted by atomic mass is 10.0. The Hall–Kier alpha value is -1.01. The number of anilines is 2. The normalized spacial score (nSPS) is 20.7. The number of nitrogens with two attached hydrogens (primary N) is 1. The molecule has 1 saturated heterocycles. The van der Waals surface area contributed by atoms with Crippen LogP contribution >= 0.6 is 11.5 Å². The minimum absolute atomic E-state index is 0.108. The van der Waals surface area contributed by atoms with Crippen LogP contribution in [0.25, 0.3) is 0 Å². The van der Waals surface area contributed by atoms with Crippen LogP contribution in [0.4, 0.5) is 10.8 Å². The quantitative estimate of drug-likeness (QED) is 0.869. The van der Waals surface area contributed by atoms with E-state index in [-0.39, 0.29) is 6.10 Å². The zero-order valence-corrected chi connectivity index (χ0v) is 12.8. The number of rotatable bonds is 5. The predicted molar refractivity (Wildman–Crippen MR) is 81.0 cm³/mol. The van der Waals surface area contributed by atoms with Gasteiger partial charge in [0.15, 0.2) is 16.6 Å². The van der Waals surface area contributed by atoms with Crippen molar-refractivity contribution in [3.63, 3.8) is 0 Å². The highest BCUT2D eigenvalue weighted by atomic mass is 32.1. The fourth-order valence-electron chi connectivity index (χ4n) is 2.37. The third-order valence-corrected chi connectivity index (χ3v) is 4.25. The molecule has 0 saturated carbocycles. The molecule has 1 fully saturated rings. The van der Waals surface area contributed by atoms with E-state index in [0.29, 0.717) is 17.6 Å². The van der Waals surface area contributed by atoms with Crippen LogP contribution in [0.2, 0.25) is 0 Å². The summed E-state index contributed by atoms with van der Waals surface area (Å²) in [6.45, 7) is 6.10. The summed E-state index contributed by atoms with van der Waals surface area (Å²) in [7, 11) is 2.19. The van der Waals surface area contributed by atoms with Crippen LogP contribution in [0.5, 0.6) is 5.75 Å². The molecule has 0 amide bonds. The van der Waals surface area contributed by atoms with Crippen LogP contribution in [0.1, 0.15) is 33.1 Å². The molecule has 1 unspecified atom stereocenters. The second kappa shape index (κ2) is 6.43. The number of likely N-dealkylation sites (tertiary alicyclic amines) is 1. The molecule has 2 heterocycles. The monoisotopic (exact) mass is 284 g/mol. The summed E-state index contributed by atoms with van der Waals surface area (Å²) in [5.41, 5.74) is 5.85. The maximum absolute atomic E-state index is 5.85. The van der Waals surface area contributed by atoms with Gasteiger partial charge in [-0.05, 0) is 51.8 Å². The number of hydrogen-bond acceptors (Lipinski definition) is 6. The highest BCUT2D eigenvalue weighted by Crippen LogP contribution is 2.36. The zero-order chi connectivity index (χ0) is 13.8. The molecule has 0 aliphatic carbocycles. The van der Waals surface area contributed by atoms with Crippen molar-refractivity contribution in [1.82, 2.24) is 9.27 Å². The summed E-state index contributed by atoms with van der Waals surface area (Å²) in [4.78, 5) is 2.42. The maximum atomic E-state index is 5.85. The third-order valence-electron chi connectivity index (χ3n) is 3.45. The molecule has 19 heavy (non-hydrogen) atoms. The molecule has 1 aromatic rings. The van der Waals surface area contributed by atoms with Gasteiger partial charge >= 0.3 is 0 Å². The molecule has 2 rings (SSSR count). The van der Waals surface area contributed by atoms with Crippen LogP contribution < -0.4 is 15.8 Å². The summed E-state index contributed by atoms with van der Waals surface area (Å²) >= 11 is 1.38. The topological polar surface area (TPSA) is 63.4 Å². The van der Waals surface area contributed by atoms with E-state index >= 15 is 0 Å². The van der Waals surface area contributed by atoms with Gasteiger partial charge in [-0.15, -0.1) is 0 Å². The fourth-order valence-corrected chi connectivity index (χ4v) is 3.02. The van der Waals surface area contributed by atoms with Crippen molar-refractivity contribution in [2.75, 3.05) is 31.2 Å². The average molecular weight is 284 g/mol. The number of nitrogens with zero attached hydrogens (tertiary/aromatic N) is 2. The molecule has 5 nitrogen and oxygen atoms in total. The van der Waals surface area contributed by atoms with Gasteiger partial charge in [0.2, 0.25) is 0 Å². The van der Waals surface area contributed by atoms with Gasteiger partial charge in [0.1, 0.15) is 0 Å². The molecule has 1 atom stereocenters. The molecule has 0 radical (unpaired) electrons. The molecular weight excluding hydrogens is 260 g/mol. The number of nitrogens with one attached hydrogen (secondary N) is 1. The van der Waals surface area contributed by atoms with Crippen molar-refractivity contribution in [3.05, 3.63) is 0 Å². The third kappa shape index (κ3) is 3.73.